The molecule has 4 nitrogen and oxygen atoms in total. The summed E-state index contributed by atoms with van der Waals surface area (Å²) in [6, 6.07) is 31.3. The summed E-state index contributed by atoms with van der Waals surface area (Å²) in [6.45, 7) is 5.61. The van der Waals surface area contributed by atoms with Gasteiger partial charge in [0.15, 0.2) is 0 Å². The van der Waals surface area contributed by atoms with Gasteiger partial charge in [0.1, 0.15) is 5.76 Å². The van der Waals surface area contributed by atoms with Gasteiger partial charge >= 0.3 is 6.18 Å². The number of nitriles is 1. The van der Waals surface area contributed by atoms with Crippen LogP contribution < -0.4 is 0 Å². The third-order valence-electron chi connectivity index (χ3n) is 7.45. The van der Waals surface area contributed by atoms with Crippen LogP contribution in [0.2, 0.25) is 0 Å². The molecule has 0 N–H and O–H groups in total. The number of halogens is 3. The Morgan fingerprint density at radius 2 is 1.60 bits per heavy atom. The lowest BCUT2D eigenvalue weighted by atomic mass is 9.85. The molecule has 5 rings (SSSR count). The first-order valence-electron chi connectivity index (χ1n) is 13.5. The van der Waals surface area contributed by atoms with Crippen LogP contribution in [0.1, 0.15) is 52.4 Å². The van der Waals surface area contributed by atoms with Gasteiger partial charge in [-0.3, -0.25) is 4.79 Å². The van der Waals surface area contributed by atoms with E-state index in [-0.39, 0.29) is 24.8 Å². The Kier molecular flexibility index (Phi) is 7.66. The smallest absolute Gasteiger partial charge is 0.449 e. The standard InChI is InChI=1S/C35H29F3N2O2/c1-23-11-14-26-7-4-5-10-30(26)32(23)33(41)40(21-29-17-18-31(42-29)35(36,37)38)20-24-12-15-25(16-13-24)27-8-6-9-28(19-27)34(2,3)22-39/h4-19H,20-21H2,1-3H3. The summed E-state index contributed by atoms with van der Waals surface area (Å²) in [5, 5.41) is 11.2. The van der Waals surface area contributed by atoms with Crippen molar-refractivity contribution in [2.45, 2.75) is 45.5 Å². The van der Waals surface area contributed by atoms with E-state index in [1.54, 1.807) is 0 Å². The van der Waals surface area contributed by atoms with Crippen LogP contribution in [0.5, 0.6) is 0 Å². The molecule has 0 atom stereocenters. The lowest BCUT2D eigenvalue weighted by molar-refractivity contribution is -0.153. The minimum absolute atomic E-state index is 0.0436. The van der Waals surface area contributed by atoms with Gasteiger partial charge in [-0.1, -0.05) is 78.9 Å². The van der Waals surface area contributed by atoms with E-state index in [1.165, 1.54) is 11.0 Å². The summed E-state index contributed by atoms with van der Waals surface area (Å²) in [4.78, 5) is 15.6. The van der Waals surface area contributed by atoms with Crippen molar-refractivity contribution in [1.29, 1.82) is 5.26 Å². The molecule has 0 bridgehead atoms. The predicted molar refractivity (Wildman–Crippen MR) is 156 cm³/mol. The summed E-state index contributed by atoms with van der Waals surface area (Å²) >= 11 is 0. The van der Waals surface area contributed by atoms with Crippen molar-refractivity contribution < 1.29 is 22.4 Å². The molecule has 0 radical (unpaired) electrons. The van der Waals surface area contributed by atoms with Crippen LogP contribution in [0, 0.1) is 18.3 Å². The number of amides is 1. The molecular formula is C35H29F3N2O2. The molecule has 0 aliphatic carbocycles. The molecule has 5 aromatic rings. The number of hydrogen-bond acceptors (Lipinski definition) is 3. The molecule has 0 saturated carbocycles. The van der Waals surface area contributed by atoms with Crippen LogP contribution in [0.15, 0.2) is 101 Å². The Labute approximate surface area is 242 Å². The third kappa shape index (κ3) is 5.94. The molecule has 212 valence electrons. The first-order valence-corrected chi connectivity index (χ1v) is 13.5. The molecule has 0 saturated heterocycles. The van der Waals surface area contributed by atoms with E-state index in [9.17, 15) is 23.2 Å². The van der Waals surface area contributed by atoms with Crippen molar-refractivity contribution in [2.75, 3.05) is 0 Å². The van der Waals surface area contributed by atoms with E-state index in [1.807, 2.05) is 106 Å². The lowest BCUT2D eigenvalue weighted by Crippen LogP contribution is -2.30. The fraction of sp³-hybridized carbons (Fsp3) is 0.200. The maximum atomic E-state index is 14.1. The largest absolute Gasteiger partial charge is 0.455 e. The normalized spacial score (nSPS) is 11.8. The molecule has 0 unspecified atom stereocenters. The van der Waals surface area contributed by atoms with Crippen molar-refractivity contribution in [3.05, 3.63) is 131 Å². The fourth-order valence-electron chi connectivity index (χ4n) is 5.00. The number of carbonyl (C=O) groups is 1. The second-order valence-electron chi connectivity index (χ2n) is 10.9. The number of aryl methyl sites for hydroxylation is 1. The highest BCUT2D eigenvalue weighted by molar-refractivity contribution is 6.08. The predicted octanol–water partition coefficient (Wildman–Crippen LogP) is 9.07. The van der Waals surface area contributed by atoms with E-state index in [2.05, 4.69) is 6.07 Å². The van der Waals surface area contributed by atoms with Crippen molar-refractivity contribution >= 4 is 16.7 Å². The number of carbonyl (C=O) groups excluding carboxylic acids is 1. The molecule has 0 aliphatic rings. The quantitative estimate of drug-likeness (QED) is 0.197. The van der Waals surface area contributed by atoms with Gasteiger partial charge in [0.25, 0.3) is 5.91 Å². The van der Waals surface area contributed by atoms with Crippen LogP contribution in [0.4, 0.5) is 13.2 Å². The van der Waals surface area contributed by atoms with Gasteiger partial charge in [0.05, 0.1) is 23.6 Å². The minimum Gasteiger partial charge on any atom is -0.455 e. The Balaban J connectivity index is 1.48. The van der Waals surface area contributed by atoms with Gasteiger partial charge in [0.2, 0.25) is 5.76 Å². The highest BCUT2D eigenvalue weighted by Gasteiger charge is 2.35. The van der Waals surface area contributed by atoms with Gasteiger partial charge in [-0.05, 0) is 77.6 Å². The van der Waals surface area contributed by atoms with Crippen LogP contribution >= 0.6 is 0 Å². The number of rotatable bonds is 7. The molecule has 4 aromatic carbocycles. The highest BCUT2D eigenvalue weighted by atomic mass is 19.4. The van der Waals surface area contributed by atoms with Crippen LogP contribution in [-0.2, 0) is 24.7 Å². The van der Waals surface area contributed by atoms with E-state index in [0.717, 1.165) is 44.7 Å². The van der Waals surface area contributed by atoms with Gasteiger partial charge < -0.3 is 9.32 Å². The van der Waals surface area contributed by atoms with Crippen molar-refractivity contribution in [2.24, 2.45) is 0 Å². The highest BCUT2D eigenvalue weighted by Crippen LogP contribution is 2.32. The number of alkyl halides is 3. The topological polar surface area (TPSA) is 57.2 Å². The molecule has 0 fully saturated rings. The zero-order chi connectivity index (χ0) is 30.1. The molecule has 1 amide bonds. The Hall–Kier alpha value is -4.83. The van der Waals surface area contributed by atoms with E-state index >= 15 is 0 Å². The molecule has 0 aliphatic heterocycles. The van der Waals surface area contributed by atoms with Crippen molar-refractivity contribution in [1.82, 2.24) is 4.90 Å². The molecule has 42 heavy (non-hydrogen) atoms. The maximum Gasteiger partial charge on any atom is 0.449 e. The second-order valence-corrected chi connectivity index (χ2v) is 10.9. The number of benzene rings is 4. The first kappa shape index (κ1) is 28.7. The zero-order valence-corrected chi connectivity index (χ0v) is 23.5. The summed E-state index contributed by atoms with van der Waals surface area (Å²) in [5.74, 6) is -1.36. The summed E-state index contributed by atoms with van der Waals surface area (Å²) < 4.78 is 44.8. The Morgan fingerprint density at radius 1 is 0.857 bits per heavy atom. The van der Waals surface area contributed by atoms with E-state index in [4.69, 9.17) is 4.42 Å². The number of hydrogen-bond donors (Lipinski definition) is 0. The lowest BCUT2D eigenvalue weighted by Gasteiger charge is -2.24. The van der Waals surface area contributed by atoms with E-state index in [0.29, 0.717) is 5.56 Å². The summed E-state index contributed by atoms with van der Waals surface area (Å²) in [6.07, 6.45) is -4.62. The van der Waals surface area contributed by atoms with Crippen molar-refractivity contribution in [3.8, 4) is 17.2 Å². The Bertz CT molecular complexity index is 1790. The number of furan rings is 1. The fourth-order valence-corrected chi connectivity index (χ4v) is 5.00. The van der Waals surface area contributed by atoms with Gasteiger partial charge in [-0.2, -0.15) is 18.4 Å². The summed E-state index contributed by atoms with van der Waals surface area (Å²) in [5.41, 5.74) is 4.26. The third-order valence-corrected chi connectivity index (χ3v) is 7.45. The monoisotopic (exact) mass is 566 g/mol. The van der Waals surface area contributed by atoms with Gasteiger partial charge in [-0.15, -0.1) is 0 Å². The molecule has 0 spiro atoms. The first-order chi connectivity index (χ1) is 20.0. The average Bonchev–Trinajstić information content (AvgIpc) is 3.46. The maximum absolute atomic E-state index is 14.1. The number of nitrogens with zero attached hydrogens (tertiary/aromatic N) is 2. The molecule has 1 aromatic heterocycles. The number of fused-ring (bicyclic) bond motifs is 1. The zero-order valence-electron chi connectivity index (χ0n) is 23.5. The SMILES string of the molecule is Cc1ccc2ccccc2c1C(=O)N(Cc1ccc(-c2cccc(C(C)(C)C#N)c2)cc1)Cc1ccc(C(F)(F)F)o1. The molecule has 1 heterocycles. The van der Waals surface area contributed by atoms with Gasteiger partial charge in [-0.25, -0.2) is 0 Å². The van der Waals surface area contributed by atoms with Crippen molar-refractivity contribution in [3.63, 3.8) is 0 Å². The second kappa shape index (κ2) is 11.2. The Morgan fingerprint density at radius 3 is 2.29 bits per heavy atom. The molecule has 7 heteroatoms. The van der Waals surface area contributed by atoms with Gasteiger partial charge in [0, 0.05) is 6.54 Å². The average molecular weight is 567 g/mol. The van der Waals surface area contributed by atoms with Crippen LogP contribution in [0.3, 0.4) is 0 Å². The molecular weight excluding hydrogens is 537 g/mol. The van der Waals surface area contributed by atoms with Crippen LogP contribution in [-0.4, -0.2) is 10.8 Å². The minimum atomic E-state index is -4.62. The van der Waals surface area contributed by atoms with Crippen LogP contribution in [0.25, 0.3) is 21.9 Å². The van der Waals surface area contributed by atoms with E-state index < -0.39 is 17.4 Å². The summed E-state index contributed by atoms with van der Waals surface area (Å²) in [7, 11) is 0.